The van der Waals surface area contributed by atoms with Crippen LogP contribution in [0.5, 0.6) is 0 Å². The number of benzene rings is 2. The summed E-state index contributed by atoms with van der Waals surface area (Å²) in [6.45, 7) is 1.39. The molecule has 3 rings (SSSR count). The van der Waals surface area contributed by atoms with E-state index in [9.17, 15) is 9.59 Å². The number of hydrogen-bond acceptors (Lipinski definition) is 2. The van der Waals surface area contributed by atoms with Crippen molar-refractivity contribution in [2.75, 3.05) is 5.32 Å². The second-order valence-electron chi connectivity index (χ2n) is 4.98. The van der Waals surface area contributed by atoms with Crippen LogP contribution < -0.4 is 5.32 Å². The van der Waals surface area contributed by atoms with Crippen LogP contribution in [0.2, 0.25) is 0 Å². The lowest BCUT2D eigenvalue weighted by molar-refractivity contribution is -0.116. The number of rotatable bonds is 2. The van der Waals surface area contributed by atoms with Crippen LogP contribution in [0.4, 0.5) is 5.69 Å². The second-order valence-corrected chi connectivity index (χ2v) is 6.68. The topological polar surface area (TPSA) is 46.2 Å². The maximum Gasteiger partial charge on any atom is 0.260 e. The quantitative estimate of drug-likeness (QED) is 0.725. The van der Waals surface area contributed by atoms with Crippen molar-refractivity contribution in [3.8, 4) is 11.1 Å². The number of nitrogens with one attached hydrogen (secondary N) is 1. The first-order valence-electron chi connectivity index (χ1n) is 6.35. The van der Waals surface area contributed by atoms with Gasteiger partial charge in [-0.3, -0.25) is 9.59 Å². The van der Waals surface area contributed by atoms with Gasteiger partial charge in [-0.15, -0.1) is 0 Å². The molecular formula is C16H11Cl2NO2. The maximum atomic E-state index is 12.4. The third-order valence-electron chi connectivity index (χ3n) is 3.38. The molecule has 0 aromatic heterocycles. The molecule has 0 fully saturated rings. The molecule has 1 aliphatic rings. The molecule has 21 heavy (non-hydrogen) atoms. The molecule has 1 aliphatic carbocycles. The minimum atomic E-state index is -1.52. The molecule has 0 saturated carbocycles. The lowest BCUT2D eigenvalue weighted by Gasteiger charge is -2.13. The molecule has 0 unspecified atom stereocenters. The van der Waals surface area contributed by atoms with E-state index in [1.54, 1.807) is 18.2 Å². The number of carbonyl (C=O) groups excluding carboxylic acids is 2. The molecule has 1 N–H and O–H groups in total. The highest BCUT2D eigenvalue weighted by Crippen LogP contribution is 2.37. The van der Waals surface area contributed by atoms with E-state index in [0.717, 1.165) is 11.1 Å². The number of anilines is 1. The van der Waals surface area contributed by atoms with E-state index < -0.39 is 10.2 Å². The van der Waals surface area contributed by atoms with Gasteiger partial charge in [0.05, 0.1) is 0 Å². The third-order valence-corrected chi connectivity index (χ3v) is 3.73. The zero-order valence-electron chi connectivity index (χ0n) is 11.1. The Hall–Kier alpha value is -1.84. The van der Waals surface area contributed by atoms with Crippen LogP contribution in [0.15, 0.2) is 42.5 Å². The Bertz CT molecular complexity index is 763. The van der Waals surface area contributed by atoms with E-state index in [2.05, 4.69) is 5.32 Å². The molecule has 0 saturated heterocycles. The lowest BCUT2D eigenvalue weighted by Crippen LogP contribution is -2.29. The van der Waals surface area contributed by atoms with Crippen LogP contribution in [0.25, 0.3) is 11.1 Å². The minimum absolute atomic E-state index is 0.0452. The summed E-state index contributed by atoms with van der Waals surface area (Å²) in [5, 5.41) is 2.60. The van der Waals surface area contributed by atoms with Crippen LogP contribution in [0, 0.1) is 0 Å². The lowest BCUT2D eigenvalue weighted by atomic mass is 10.1. The molecule has 5 heteroatoms. The number of alkyl halides is 2. The number of halogens is 2. The van der Waals surface area contributed by atoms with Crippen molar-refractivity contribution in [2.24, 2.45) is 0 Å². The Kier molecular flexibility index (Phi) is 3.27. The molecule has 0 atom stereocenters. The van der Waals surface area contributed by atoms with Crippen molar-refractivity contribution in [3.05, 3.63) is 53.6 Å². The molecule has 1 amide bonds. The van der Waals surface area contributed by atoms with Crippen LogP contribution in [0.1, 0.15) is 22.8 Å². The molecule has 0 aliphatic heterocycles. The standard InChI is InChI=1S/C16H11Cl2NO2/c1-16(17,18)15(21)19-9-6-7-11-10-4-2-3-5-12(10)14(20)13(11)8-9/h2-8H,1H3,(H,19,21). The summed E-state index contributed by atoms with van der Waals surface area (Å²) in [6.07, 6.45) is 0. The Balaban J connectivity index is 1.98. The highest BCUT2D eigenvalue weighted by molar-refractivity contribution is 6.58. The van der Waals surface area contributed by atoms with E-state index in [0.29, 0.717) is 16.8 Å². The van der Waals surface area contributed by atoms with E-state index >= 15 is 0 Å². The Morgan fingerprint density at radius 2 is 1.62 bits per heavy atom. The molecule has 0 bridgehead atoms. The van der Waals surface area contributed by atoms with E-state index in [1.807, 2.05) is 24.3 Å². The molecule has 106 valence electrons. The fourth-order valence-corrected chi connectivity index (χ4v) is 2.44. The molecule has 3 nitrogen and oxygen atoms in total. The first-order chi connectivity index (χ1) is 9.88. The first-order valence-corrected chi connectivity index (χ1v) is 7.11. The predicted molar refractivity (Wildman–Crippen MR) is 84.1 cm³/mol. The monoisotopic (exact) mass is 319 g/mol. The van der Waals surface area contributed by atoms with Crippen molar-refractivity contribution in [1.29, 1.82) is 0 Å². The summed E-state index contributed by atoms with van der Waals surface area (Å²) in [7, 11) is 0. The van der Waals surface area contributed by atoms with Gasteiger partial charge < -0.3 is 5.32 Å². The van der Waals surface area contributed by atoms with E-state index in [-0.39, 0.29) is 5.78 Å². The Morgan fingerprint density at radius 1 is 1.00 bits per heavy atom. The zero-order valence-corrected chi connectivity index (χ0v) is 12.6. The SMILES string of the molecule is CC(Cl)(Cl)C(=O)Nc1ccc2c(c1)C(=O)c1ccccc1-2. The van der Waals surface area contributed by atoms with Crippen LogP contribution in [-0.4, -0.2) is 16.0 Å². The van der Waals surface area contributed by atoms with Gasteiger partial charge in [-0.1, -0.05) is 53.5 Å². The molecule has 0 spiro atoms. The molecule has 2 aromatic carbocycles. The first kappa shape index (κ1) is 14.1. The summed E-state index contributed by atoms with van der Waals surface area (Å²) >= 11 is 11.5. The molecule has 0 radical (unpaired) electrons. The minimum Gasteiger partial charge on any atom is -0.323 e. The summed E-state index contributed by atoms with van der Waals surface area (Å²) in [6, 6.07) is 12.6. The average Bonchev–Trinajstić information content (AvgIpc) is 2.72. The molecule has 0 heterocycles. The van der Waals surface area contributed by atoms with Crippen molar-refractivity contribution < 1.29 is 9.59 Å². The highest BCUT2D eigenvalue weighted by atomic mass is 35.5. The number of hydrogen-bond donors (Lipinski definition) is 1. The highest BCUT2D eigenvalue weighted by Gasteiger charge is 2.29. The van der Waals surface area contributed by atoms with Crippen molar-refractivity contribution in [3.63, 3.8) is 0 Å². The largest absolute Gasteiger partial charge is 0.323 e. The van der Waals surface area contributed by atoms with E-state index in [1.165, 1.54) is 6.92 Å². The molecular weight excluding hydrogens is 309 g/mol. The van der Waals surface area contributed by atoms with Gasteiger partial charge in [-0.2, -0.15) is 0 Å². The summed E-state index contributed by atoms with van der Waals surface area (Å²) in [4.78, 5) is 24.1. The van der Waals surface area contributed by atoms with Gasteiger partial charge in [0.25, 0.3) is 5.91 Å². The Labute approximate surface area is 131 Å². The van der Waals surface area contributed by atoms with Gasteiger partial charge in [0.2, 0.25) is 0 Å². The average molecular weight is 320 g/mol. The van der Waals surface area contributed by atoms with E-state index in [4.69, 9.17) is 23.2 Å². The third kappa shape index (κ3) is 2.43. The van der Waals surface area contributed by atoms with Gasteiger partial charge in [0.15, 0.2) is 10.1 Å². The maximum absolute atomic E-state index is 12.4. The number of ketones is 1. The molecule has 2 aromatic rings. The fourth-order valence-electron chi connectivity index (χ4n) is 2.35. The summed E-state index contributed by atoms with van der Waals surface area (Å²) < 4.78 is -1.52. The predicted octanol–water partition coefficient (Wildman–Crippen LogP) is 4.03. The normalized spacial score (nSPS) is 12.8. The van der Waals surface area contributed by atoms with Crippen LogP contribution in [-0.2, 0) is 4.79 Å². The van der Waals surface area contributed by atoms with Crippen molar-refractivity contribution >= 4 is 40.6 Å². The van der Waals surface area contributed by atoms with Crippen molar-refractivity contribution in [1.82, 2.24) is 0 Å². The number of fused-ring (bicyclic) bond motifs is 3. The van der Waals surface area contributed by atoms with Gasteiger partial charge in [0, 0.05) is 16.8 Å². The van der Waals surface area contributed by atoms with Crippen LogP contribution >= 0.6 is 23.2 Å². The van der Waals surface area contributed by atoms with Gasteiger partial charge in [-0.25, -0.2) is 0 Å². The van der Waals surface area contributed by atoms with Gasteiger partial charge >= 0.3 is 0 Å². The van der Waals surface area contributed by atoms with Gasteiger partial charge in [0.1, 0.15) is 0 Å². The smallest absolute Gasteiger partial charge is 0.260 e. The zero-order chi connectivity index (χ0) is 15.2. The summed E-state index contributed by atoms with van der Waals surface area (Å²) in [5.74, 6) is -0.579. The number of amides is 1. The second kappa shape index (κ2) is 4.86. The Morgan fingerprint density at radius 3 is 2.29 bits per heavy atom. The van der Waals surface area contributed by atoms with Gasteiger partial charge in [-0.05, 0) is 30.2 Å². The van der Waals surface area contributed by atoms with Crippen molar-refractivity contribution in [2.45, 2.75) is 11.3 Å². The fraction of sp³-hybridized carbons (Fsp3) is 0.125. The van der Waals surface area contributed by atoms with Crippen LogP contribution in [0.3, 0.4) is 0 Å². The summed E-state index contributed by atoms with van der Waals surface area (Å²) in [5.41, 5.74) is 3.52. The number of carbonyl (C=O) groups is 2.